The van der Waals surface area contributed by atoms with Gasteiger partial charge in [-0.15, -0.1) is 0 Å². The van der Waals surface area contributed by atoms with E-state index in [9.17, 15) is 13.6 Å². The fourth-order valence-corrected chi connectivity index (χ4v) is 1.30. The highest BCUT2D eigenvalue weighted by atomic mass is 35.5. The Morgan fingerprint density at radius 2 is 2.19 bits per heavy atom. The van der Waals surface area contributed by atoms with Crippen molar-refractivity contribution in [1.82, 2.24) is 0 Å². The maximum Gasteiger partial charge on any atom is 0.387 e. The van der Waals surface area contributed by atoms with Crippen molar-refractivity contribution in [3.63, 3.8) is 0 Å². The van der Waals surface area contributed by atoms with E-state index in [1.54, 1.807) is 6.07 Å². The van der Waals surface area contributed by atoms with Gasteiger partial charge in [0.15, 0.2) is 5.75 Å². The molecule has 1 aromatic rings. The predicted molar refractivity (Wildman–Crippen MR) is 49.8 cm³/mol. The van der Waals surface area contributed by atoms with Crippen molar-refractivity contribution in [1.29, 1.82) is 5.26 Å². The Bertz CT molecular complexity index is 471. The van der Waals surface area contributed by atoms with Crippen LogP contribution in [0.1, 0.15) is 15.9 Å². The number of carbonyl (C=O) groups is 1. The molecule has 0 aliphatic carbocycles. The lowest BCUT2D eigenvalue weighted by molar-refractivity contribution is -0.0500. The van der Waals surface area contributed by atoms with Gasteiger partial charge >= 0.3 is 12.6 Å². The number of nitriles is 1. The molecule has 1 N–H and O–H groups in total. The van der Waals surface area contributed by atoms with E-state index in [2.05, 4.69) is 4.74 Å². The first-order valence-corrected chi connectivity index (χ1v) is 4.26. The molecule has 1 aromatic carbocycles. The largest absolute Gasteiger partial charge is 0.478 e. The van der Waals surface area contributed by atoms with Crippen LogP contribution in [0.5, 0.6) is 5.75 Å². The number of carboxylic acid groups (broad SMARTS) is 1. The van der Waals surface area contributed by atoms with Crippen LogP contribution in [-0.2, 0) is 0 Å². The molecular weight excluding hydrogens is 244 g/mol. The van der Waals surface area contributed by atoms with Crippen LogP contribution in [0.15, 0.2) is 12.1 Å². The second-order valence-corrected chi connectivity index (χ2v) is 2.98. The molecule has 1 rings (SSSR count). The van der Waals surface area contributed by atoms with Gasteiger partial charge in [-0.2, -0.15) is 14.0 Å². The summed E-state index contributed by atoms with van der Waals surface area (Å²) in [5, 5.41) is 16.8. The number of alkyl halides is 2. The van der Waals surface area contributed by atoms with Gasteiger partial charge in [0.1, 0.15) is 6.07 Å². The maximum atomic E-state index is 12.0. The summed E-state index contributed by atoms with van der Waals surface area (Å²) < 4.78 is 28.0. The highest BCUT2D eigenvalue weighted by Crippen LogP contribution is 2.33. The lowest BCUT2D eigenvalue weighted by atomic mass is 10.1. The van der Waals surface area contributed by atoms with Gasteiger partial charge in [0, 0.05) is 0 Å². The molecule has 0 atom stereocenters. The van der Waals surface area contributed by atoms with Gasteiger partial charge in [0.05, 0.1) is 16.1 Å². The SMILES string of the molecule is N#Cc1ccc(C(=O)O)c(Cl)c1OC(F)F. The third-order valence-electron chi connectivity index (χ3n) is 1.65. The van der Waals surface area contributed by atoms with Crippen molar-refractivity contribution < 1.29 is 23.4 Å². The van der Waals surface area contributed by atoms with Gasteiger partial charge in [-0.1, -0.05) is 11.6 Å². The average Bonchev–Trinajstić information content (AvgIpc) is 2.19. The van der Waals surface area contributed by atoms with Crippen molar-refractivity contribution in [3.8, 4) is 11.8 Å². The van der Waals surface area contributed by atoms with E-state index >= 15 is 0 Å². The van der Waals surface area contributed by atoms with Crippen LogP contribution in [0.4, 0.5) is 8.78 Å². The molecule has 0 amide bonds. The quantitative estimate of drug-likeness (QED) is 0.891. The lowest BCUT2D eigenvalue weighted by Gasteiger charge is -2.09. The standard InChI is InChI=1S/C9H4ClF2NO3/c10-6-5(8(14)15)2-1-4(3-13)7(6)16-9(11)12/h1-2,9H,(H,14,15). The molecule has 4 nitrogen and oxygen atoms in total. The van der Waals surface area contributed by atoms with Crippen LogP contribution in [-0.4, -0.2) is 17.7 Å². The van der Waals surface area contributed by atoms with Crippen LogP contribution in [0.3, 0.4) is 0 Å². The van der Waals surface area contributed by atoms with E-state index < -0.39 is 28.9 Å². The van der Waals surface area contributed by atoms with Crippen LogP contribution >= 0.6 is 11.6 Å². The first-order chi connectivity index (χ1) is 7.47. The lowest BCUT2D eigenvalue weighted by Crippen LogP contribution is -2.07. The number of halogens is 3. The molecule has 7 heteroatoms. The number of hydrogen-bond donors (Lipinski definition) is 1. The molecule has 0 radical (unpaired) electrons. The van der Waals surface area contributed by atoms with Gasteiger partial charge in [-0.3, -0.25) is 0 Å². The second-order valence-electron chi connectivity index (χ2n) is 2.60. The third kappa shape index (κ3) is 2.38. The van der Waals surface area contributed by atoms with Gasteiger partial charge in [-0.25, -0.2) is 4.79 Å². The van der Waals surface area contributed by atoms with Crippen LogP contribution in [0.2, 0.25) is 5.02 Å². The van der Waals surface area contributed by atoms with Crippen LogP contribution in [0, 0.1) is 11.3 Å². The van der Waals surface area contributed by atoms with Crippen molar-refractivity contribution in [2.75, 3.05) is 0 Å². The van der Waals surface area contributed by atoms with Crippen molar-refractivity contribution in [3.05, 3.63) is 28.3 Å². The molecule has 0 aliphatic heterocycles. The molecule has 0 spiro atoms. The minimum atomic E-state index is -3.19. The molecule has 0 aromatic heterocycles. The van der Waals surface area contributed by atoms with Crippen molar-refractivity contribution >= 4 is 17.6 Å². The molecule has 84 valence electrons. The van der Waals surface area contributed by atoms with E-state index in [1.807, 2.05) is 0 Å². The Morgan fingerprint density at radius 1 is 1.56 bits per heavy atom. The molecule has 0 bridgehead atoms. The normalized spacial score (nSPS) is 9.94. The fraction of sp³-hybridized carbons (Fsp3) is 0.111. The first-order valence-electron chi connectivity index (χ1n) is 3.88. The first kappa shape index (κ1) is 12.2. The summed E-state index contributed by atoms with van der Waals surface area (Å²) in [6.07, 6.45) is 0. The number of nitrogens with zero attached hydrogens (tertiary/aromatic N) is 1. The third-order valence-corrected chi connectivity index (χ3v) is 2.03. The predicted octanol–water partition coefficient (Wildman–Crippen LogP) is 2.51. The van der Waals surface area contributed by atoms with Crippen LogP contribution < -0.4 is 4.74 Å². The summed E-state index contributed by atoms with van der Waals surface area (Å²) in [6.45, 7) is -3.19. The molecule has 0 saturated carbocycles. The van der Waals surface area contributed by atoms with E-state index in [0.29, 0.717) is 0 Å². The molecular formula is C9H4ClF2NO3. The summed E-state index contributed by atoms with van der Waals surface area (Å²) in [5.41, 5.74) is -0.661. The Morgan fingerprint density at radius 3 is 2.62 bits per heavy atom. The summed E-state index contributed by atoms with van der Waals surface area (Å²) >= 11 is 5.54. The van der Waals surface area contributed by atoms with Gasteiger partial charge in [-0.05, 0) is 12.1 Å². The fourth-order valence-electron chi connectivity index (χ4n) is 1.01. The van der Waals surface area contributed by atoms with E-state index in [1.165, 1.54) is 0 Å². The van der Waals surface area contributed by atoms with Gasteiger partial charge in [0.25, 0.3) is 0 Å². The number of benzene rings is 1. The Kier molecular flexibility index (Phi) is 3.64. The Hall–Kier alpha value is -1.87. The van der Waals surface area contributed by atoms with Crippen molar-refractivity contribution in [2.24, 2.45) is 0 Å². The van der Waals surface area contributed by atoms with Gasteiger partial charge < -0.3 is 9.84 Å². The number of hydrogen-bond acceptors (Lipinski definition) is 3. The molecule has 0 heterocycles. The highest BCUT2D eigenvalue weighted by Gasteiger charge is 2.19. The topological polar surface area (TPSA) is 70.3 Å². The Balaban J connectivity index is 3.36. The van der Waals surface area contributed by atoms with E-state index in [4.69, 9.17) is 22.0 Å². The minimum Gasteiger partial charge on any atom is -0.478 e. The highest BCUT2D eigenvalue weighted by molar-refractivity contribution is 6.35. The molecule has 16 heavy (non-hydrogen) atoms. The van der Waals surface area contributed by atoms with E-state index in [-0.39, 0.29) is 5.56 Å². The van der Waals surface area contributed by atoms with E-state index in [0.717, 1.165) is 12.1 Å². The zero-order valence-corrected chi connectivity index (χ0v) is 8.33. The monoisotopic (exact) mass is 247 g/mol. The maximum absolute atomic E-state index is 12.0. The molecule has 0 unspecified atom stereocenters. The smallest absolute Gasteiger partial charge is 0.387 e. The summed E-state index contributed by atoms with van der Waals surface area (Å²) in [6, 6.07) is 3.66. The van der Waals surface area contributed by atoms with Crippen molar-refractivity contribution in [2.45, 2.75) is 6.61 Å². The summed E-state index contributed by atoms with van der Waals surface area (Å²) in [5.74, 6) is -2.02. The molecule has 0 fully saturated rings. The zero-order valence-electron chi connectivity index (χ0n) is 7.58. The zero-order chi connectivity index (χ0) is 12.3. The average molecular weight is 248 g/mol. The summed E-state index contributed by atoms with van der Waals surface area (Å²) in [4.78, 5) is 10.6. The number of ether oxygens (including phenoxy) is 1. The molecule has 0 aliphatic rings. The van der Waals surface area contributed by atoms with Crippen LogP contribution in [0.25, 0.3) is 0 Å². The summed E-state index contributed by atoms with van der Waals surface area (Å²) in [7, 11) is 0. The van der Waals surface area contributed by atoms with Gasteiger partial charge in [0.2, 0.25) is 0 Å². The molecule has 0 saturated heterocycles. The number of aromatic carboxylic acids is 1. The second kappa shape index (κ2) is 4.77. The number of carboxylic acids is 1. The Labute approximate surface area is 93.6 Å². The minimum absolute atomic E-state index is 0.254. The number of rotatable bonds is 3.